The highest BCUT2D eigenvalue weighted by molar-refractivity contribution is 5.97. The number of carbonyl (C=O) groups excluding carboxylic acids is 2. The van der Waals surface area contributed by atoms with Crippen LogP contribution in [0.5, 0.6) is 23.0 Å². The average molecular weight is 447 g/mol. The highest BCUT2D eigenvalue weighted by Crippen LogP contribution is 2.57. The molecule has 0 saturated heterocycles. The molecular formula is C25H21NO7. The summed E-state index contributed by atoms with van der Waals surface area (Å²) in [4.78, 5) is 25.2. The molecule has 0 bridgehead atoms. The van der Waals surface area contributed by atoms with E-state index in [0.29, 0.717) is 22.3 Å². The highest BCUT2D eigenvalue weighted by Gasteiger charge is 2.53. The van der Waals surface area contributed by atoms with E-state index in [0.717, 1.165) is 0 Å². The van der Waals surface area contributed by atoms with Crippen molar-refractivity contribution < 1.29 is 34.0 Å². The van der Waals surface area contributed by atoms with Gasteiger partial charge in [-0.05, 0) is 45.0 Å². The maximum atomic E-state index is 12.9. The predicted octanol–water partition coefficient (Wildman–Crippen LogP) is 5.01. The molecule has 0 radical (unpaired) electrons. The Morgan fingerprint density at radius 1 is 0.970 bits per heavy atom. The van der Waals surface area contributed by atoms with Gasteiger partial charge in [-0.1, -0.05) is 18.2 Å². The second-order valence-electron chi connectivity index (χ2n) is 8.89. The zero-order valence-electron chi connectivity index (χ0n) is 18.1. The normalized spacial score (nSPS) is 18.0. The number of esters is 1. The van der Waals surface area contributed by atoms with Gasteiger partial charge in [-0.2, -0.15) is 0 Å². The van der Waals surface area contributed by atoms with Crippen molar-refractivity contribution in [2.24, 2.45) is 0 Å². The number of phenolic OH excluding ortho intramolecular Hbond substituents is 2. The second kappa shape index (κ2) is 6.90. The van der Waals surface area contributed by atoms with Crippen LogP contribution in [0.1, 0.15) is 47.8 Å². The SMILES string of the molecule is CC(C)(C)OC(=O)Nc1cc2c(cc1O)Oc1cc(O)ccc1C21OC(=O)c2ccccc21. The van der Waals surface area contributed by atoms with Crippen molar-refractivity contribution in [2.75, 3.05) is 5.32 Å². The Bertz CT molecular complexity index is 1320. The minimum Gasteiger partial charge on any atom is -0.508 e. The first-order chi connectivity index (χ1) is 15.6. The van der Waals surface area contributed by atoms with Crippen molar-refractivity contribution in [2.45, 2.75) is 32.0 Å². The van der Waals surface area contributed by atoms with Gasteiger partial charge in [0.2, 0.25) is 0 Å². The summed E-state index contributed by atoms with van der Waals surface area (Å²) >= 11 is 0. The summed E-state index contributed by atoms with van der Waals surface area (Å²) in [6.45, 7) is 5.18. The van der Waals surface area contributed by atoms with E-state index < -0.39 is 23.3 Å². The Kier molecular flexibility index (Phi) is 4.32. The molecule has 0 aromatic heterocycles. The summed E-state index contributed by atoms with van der Waals surface area (Å²) in [5, 5.41) is 23.1. The molecule has 0 fully saturated rings. The summed E-state index contributed by atoms with van der Waals surface area (Å²) in [7, 11) is 0. The third-order valence-electron chi connectivity index (χ3n) is 5.45. The van der Waals surface area contributed by atoms with Crippen LogP contribution in [0.25, 0.3) is 0 Å². The summed E-state index contributed by atoms with van der Waals surface area (Å²) < 4.78 is 17.3. The van der Waals surface area contributed by atoms with Crippen molar-refractivity contribution in [1.82, 2.24) is 0 Å². The van der Waals surface area contributed by atoms with Gasteiger partial charge in [0.1, 0.15) is 28.6 Å². The van der Waals surface area contributed by atoms with E-state index in [1.54, 1.807) is 51.1 Å². The third-order valence-corrected chi connectivity index (χ3v) is 5.45. The zero-order valence-corrected chi connectivity index (χ0v) is 18.1. The van der Waals surface area contributed by atoms with E-state index in [2.05, 4.69) is 5.32 Å². The number of phenols is 2. The number of nitrogens with one attached hydrogen (secondary N) is 1. The maximum Gasteiger partial charge on any atom is 0.412 e. The molecule has 3 aromatic rings. The molecule has 3 N–H and O–H groups in total. The third kappa shape index (κ3) is 3.22. The molecule has 1 atom stereocenters. The Labute approximate surface area is 189 Å². The minimum atomic E-state index is -1.40. The first-order valence-corrected chi connectivity index (χ1v) is 10.3. The van der Waals surface area contributed by atoms with Crippen LogP contribution in [-0.2, 0) is 15.1 Å². The smallest absolute Gasteiger partial charge is 0.412 e. The van der Waals surface area contributed by atoms with Crippen LogP contribution in [0, 0.1) is 0 Å². The number of rotatable bonds is 1. The molecule has 168 valence electrons. The van der Waals surface area contributed by atoms with Gasteiger partial charge in [0, 0.05) is 28.8 Å². The first kappa shape index (κ1) is 20.7. The lowest BCUT2D eigenvalue weighted by molar-refractivity contribution is 0.0223. The molecule has 33 heavy (non-hydrogen) atoms. The summed E-state index contributed by atoms with van der Waals surface area (Å²) in [5.74, 6) is -0.329. The largest absolute Gasteiger partial charge is 0.508 e. The van der Waals surface area contributed by atoms with Crippen molar-refractivity contribution in [3.63, 3.8) is 0 Å². The van der Waals surface area contributed by atoms with Gasteiger partial charge in [-0.3, -0.25) is 5.32 Å². The molecule has 2 aliphatic heterocycles. The monoisotopic (exact) mass is 447 g/mol. The van der Waals surface area contributed by atoms with Crippen LogP contribution in [0.2, 0.25) is 0 Å². The fraction of sp³-hybridized carbons (Fsp3) is 0.200. The van der Waals surface area contributed by atoms with Crippen LogP contribution in [0.3, 0.4) is 0 Å². The Morgan fingerprint density at radius 3 is 2.45 bits per heavy atom. The van der Waals surface area contributed by atoms with Crippen molar-refractivity contribution in [3.8, 4) is 23.0 Å². The standard InChI is InChI=1S/C25H21NO7/c1-24(2,3)33-23(30)26-18-11-17-21(12-19(18)28)31-20-10-13(27)8-9-16(20)25(17)15-7-5-4-6-14(15)22(29)32-25/h4-12,27-28H,1-3H3,(H,26,30). The number of hydrogen-bond acceptors (Lipinski definition) is 7. The first-order valence-electron chi connectivity index (χ1n) is 10.3. The zero-order chi connectivity index (χ0) is 23.5. The van der Waals surface area contributed by atoms with Gasteiger partial charge in [-0.15, -0.1) is 0 Å². The van der Waals surface area contributed by atoms with Crippen LogP contribution in [0.4, 0.5) is 10.5 Å². The quantitative estimate of drug-likeness (QED) is 0.355. The molecule has 2 aliphatic rings. The van der Waals surface area contributed by atoms with E-state index in [4.69, 9.17) is 14.2 Å². The van der Waals surface area contributed by atoms with Gasteiger partial charge < -0.3 is 24.4 Å². The van der Waals surface area contributed by atoms with Crippen LogP contribution in [0.15, 0.2) is 54.6 Å². The number of carbonyl (C=O) groups is 2. The molecule has 0 aliphatic carbocycles. The summed E-state index contributed by atoms with van der Waals surface area (Å²) in [6.07, 6.45) is -0.752. The van der Waals surface area contributed by atoms with Gasteiger partial charge in [0.15, 0.2) is 5.60 Å². The van der Waals surface area contributed by atoms with E-state index >= 15 is 0 Å². The van der Waals surface area contributed by atoms with Gasteiger partial charge in [0.25, 0.3) is 0 Å². The second-order valence-corrected chi connectivity index (χ2v) is 8.89. The molecule has 1 spiro atoms. The Balaban J connectivity index is 1.72. The molecular weight excluding hydrogens is 426 g/mol. The average Bonchev–Trinajstić information content (AvgIpc) is 3.01. The van der Waals surface area contributed by atoms with E-state index in [-0.39, 0.29) is 28.7 Å². The fourth-order valence-corrected chi connectivity index (χ4v) is 4.21. The number of ether oxygens (including phenoxy) is 3. The molecule has 0 saturated carbocycles. The number of aromatic hydroxyl groups is 2. The number of amides is 1. The Morgan fingerprint density at radius 2 is 1.70 bits per heavy atom. The lowest BCUT2D eigenvalue weighted by atomic mass is 9.77. The molecule has 2 heterocycles. The van der Waals surface area contributed by atoms with Crippen molar-refractivity contribution in [3.05, 3.63) is 76.9 Å². The summed E-state index contributed by atoms with van der Waals surface area (Å²) in [5.41, 5.74) is -0.197. The predicted molar refractivity (Wildman–Crippen MR) is 118 cm³/mol. The van der Waals surface area contributed by atoms with E-state index in [1.807, 2.05) is 0 Å². The van der Waals surface area contributed by atoms with Gasteiger partial charge in [0.05, 0.1) is 11.3 Å². The van der Waals surface area contributed by atoms with Crippen LogP contribution < -0.4 is 10.1 Å². The lowest BCUT2D eigenvalue weighted by Gasteiger charge is -2.36. The van der Waals surface area contributed by atoms with Crippen molar-refractivity contribution >= 4 is 17.7 Å². The highest BCUT2D eigenvalue weighted by atomic mass is 16.6. The number of fused-ring (bicyclic) bond motifs is 6. The fourth-order valence-electron chi connectivity index (χ4n) is 4.21. The van der Waals surface area contributed by atoms with E-state index in [1.165, 1.54) is 24.3 Å². The minimum absolute atomic E-state index is 0.0302. The molecule has 8 nitrogen and oxygen atoms in total. The maximum absolute atomic E-state index is 12.9. The Hall–Kier alpha value is -4.20. The number of hydrogen-bond donors (Lipinski definition) is 3. The van der Waals surface area contributed by atoms with Crippen LogP contribution >= 0.6 is 0 Å². The van der Waals surface area contributed by atoms with Crippen molar-refractivity contribution in [1.29, 1.82) is 0 Å². The van der Waals surface area contributed by atoms with Gasteiger partial charge in [-0.25, -0.2) is 9.59 Å². The summed E-state index contributed by atoms with van der Waals surface area (Å²) in [6, 6.07) is 14.3. The molecule has 1 amide bonds. The van der Waals surface area contributed by atoms with Gasteiger partial charge >= 0.3 is 12.1 Å². The van der Waals surface area contributed by atoms with Crippen LogP contribution in [-0.4, -0.2) is 27.9 Å². The molecule has 5 rings (SSSR count). The number of anilines is 1. The lowest BCUT2D eigenvalue weighted by Crippen LogP contribution is -2.33. The molecule has 3 aromatic carbocycles. The van der Waals surface area contributed by atoms with E-state index in [9.17, 15) is 19.8 Å². The molecule has 8 heteroatoms. The topological polar surface area (TPSA) is 114 Å². The number of benzene rings is 3. The molecule has 1 unspecified atom stereocenters.